The second-order valence-electron chi connectivity index (χ2n) is 6.66. The number of hydrogen-bond donors (Lipinski definition) is 0. The Morgan fingerprint density at radius 3 is 2.87 bits per heavy atom. The van der Waals surface area contributed by atoms with Gasteiger partial charge in [0.15, 0.2) is 5.82 Å². The van der Waals surface area contributed by atoms with Crippen LogP contribution in [0.5, 0.6) is 0 Å². The summed E-state index contributed by atoms with van der Waals surface area (Å²) in [5, 5.41) is 3.87. The molecule has 1 aromatic heterocycles. The Hall–Kier alpha value is -2.17. The van der Waals surface area contributed by atoms with Gasteiger partial charge in [0.2, 0.25) is 11.8 Å². The molecule has 23 heavy (non-hydrogen) atoms. The summed E-state index contributed by atoms with van der Waals surface area (Å²) in [5.41, 5.74) is 1.28. The van der Waals surface area contributed by atoms with Gasteiger partial charge in [0.1, 0.15) is 0 Å². The van der Waals surface area contributed by atoms with Crippen molar-refractivity contribution in [2.75, 3.05) is 13.1 Å². The number of carbonyl (C=O) groups is 1. The lowest BCUT2D eigenvalue weighted by Gasteiger charge is -2.31. The molecule has 0 N–H and O–H groups in total. The number of aryl methyl sites for hydroxylation is 1. The first-order chi connectivity index (χ1) is 11.2. The minimum Gasteiger partial charge on any atom is -0.342 e. The van der Waals surface area contributed by atoms with Crippen LogP contribution in [0.1, 0.15) is 48.4 Å². The van der Waals surface area contributed by atoms with Crippen molar-refractivity contribution in [3.05, 3.63) is 47.6 Å². The predicted octanol–water partition coefficient (Wildman–Crippen LogP) is 2.89. The molecular weight excluding hydrogens is 290 g/mol. The van der Waals surface area contributed by atoms with Crippen LogP contribution in [0.3, 0.4) is 0 Å². The Kier molecular flexibility index (Phi) is 3.63. The lowest BCUT2D eigenvalue weighted by atomic mass is 9.97. The van der Waals surface area contributed by atoms with Gasteiger partial charge in [0, 0.05) is 19.0 Å². The molecule has 3 atom stereocenters. The number of amides is 1. The normalized spacial score (nSPS) is 27.0. The van der Waals surface area contributed by atoms with Crippen LogP contribution in [0, 0.1) is 12.8 Å². The SMILES string of the molecule is Cc1noc([C@@H]2CCCN(C(=O)[C@@H]3C[C@@H]3c3ccccc3)C2)n1. The number of benzene rings is 1. The smallest absolute Gasteiger partial charge is 0.231 e. The molecule has 1 saturated heterocycles. The van der Waals surface area contributed by atoms with Crippen molar-refractivity contribution in [2.24, 2.45) is 5.92 Å². The molecule has 2 aliphatic rings. The highest BCUT2D eigenvalue weighted by atomic mass is 16.5. The van der Waals surface area contributed by atoms with Crippen LogP contribution in [0.25, 0.3) is 0 Å². The van der Waals surface area contributed by atoms with Crippen LogP contribution in [-0.2, 0) is 4.79 Å². The van der Waals surface area contributed by atoms with Crippen LogP contribution in [0.2, 0.25) is 0 Å². The van der Waals surface area contributed by atoms with Gasteiger partial charge < -0.3 is 9.42 Å². The monoisotopic (exact) mass is 311 g/mol. The fourth-order valence-electron chi connectivity index (χ4n) is 3.63. The van der Waals surface area contributed by atoms with E-state index in [0.29, 0.717) is 30.1 Å². The molecule has 1 aliphatic heterocycles. The predicted molar refractivity (Wildman–Crippen MR) is 84.9 cm³/mol. The molecule has 1 amide bonds. The minimum absolute atomic E-state index is 0.153. The molecule has 2 fully saturated rings. The van der Waals surface area contributed by atoms with Gasteiger partial charge in [-0.25, -0.2) is 0 Å². The number of likely N-dealkylation sites (tertiary alicyclic amines) is 1. The first-order valence-electron chi connectivity index (χ1n) is 8.36. The average molecular weight is 311 g/mol. The van der Waals surface area contributed by atoms with Crippen LogP contribution < -0.4 is 0 Å². The third-order valence-corrected chi connectivity index (χ3v) is 4.96. The summed E-state index contributed by atoms with van der Waals surface area (Å²) < 4.78 is 5.30. The van der Waals surface area contributed by atoms with Crippen molar-refractivity contribution < 1.29 is 9.32 Å². The number of aromatic nitrogens is 2. The molecule has 5 nitrogen and oxygen atoms in total. The minimum atomic E-state index is 0.153. The maximum atomic E-state index is 12.8. The van der Waals surface area contributed by atoms with Gasteiger partial charge in [-0.3, -0.25) is 4.79 Å². The van der Waals surface area contributed by atoms with E-state index < -0.39 is 0 Å². The molecule has 2 heterocycles. The lowest BCUT2D eigenvalue weighted by molar-refractivity contribution is -0.134. The van der Waals surface area contributed by atoms with Crippen LogP contribution in [-0.4, -0.2) is 34.0 Å². The van der Waals surface area contributed by atoms with Gasteiger partial charge in [-0.2, -0.15) is 4.98 Å². The molecule has 0 radical (unpaired) electrons. The highest BCUT2D eigenvalue weighted by molar-refractivity contribution is 5.83. The van der Waals surface area contributed by atoms with Gasteiger partial charge in [-0.05, 0) is 37.7 Å². The summed E-state index contributed by atoms with van der Waals surface area (Å²) in [6.45, 7) is 3.38. The second kappa shape index (κ2) is 5.80. The molecule has 1 aliphatic carbocycles. The van der Waals surface area contributed by atoms with Crippen molar-refractivity contribution in [2.45, 2.75) is 38.0 Å². The van der Waals surface area contributed by atoms with Gasteiger partial charge in [0.05, 0.1) is 5.92 Å². The quantitative estimate of drug-likeness (QED) is 0.874. The van der Waals surface area contributed by atoms with Gasteiger partial charge in [-0.15, -0.1) is 0 Å². The van der Waals surface area contributed by atoms with Crippen LogP contribution in [0.15, 0.2) is 34.9 Å². The first-order valence-corrected chi connectivity index (χ1v) is 8.36. The molecule has 1 aromatic carbocycles. The van der Waals surface area contributed by atoms with Crippen molar-refractivity contribution in [3.63, 3.8) is 0 Å². The Bertz CT molecular complexity index is 697. The summed E-state index contributed by atoms with van der Waals surface area (Å²) >= 11 is 0. The van der Waals surface area contributed by atoms with Gasteiger partial charge in [0.25, 0.3) is 0 Å². The zero-order valence-electron chi connectivity index (χ0n) is 13.3. The largest absolute Gasteiger partial charge is 0.342 e. The Labute approximate surface area is 135 Å². The maximum Gasteiger partial charge on any atom is 0.231 e. The Morgan fingerprint density at radius 2 is 2.13 bits per heavy atom. The highest BCUT2D eigenvalue weighted by Gasteiger charge is 2.46. The molecule has 2 aromatic rings. The number of hydrogen-bond acceptors (Lipinski definition) is 4. The summed E-state index contributed by atoms with van der Waals surface area (Å²) in [4.78, 5) is 19.1. The van der Waals surface area contributed by atoms with Crippen LogP contribution >= 0.6 is 0 Å². The molecule has 0 bridgehead atoms. The van der Waals surface area contributed by atoms with Gasteiger partial charge in [-0.1, -0.05) is 35.5 Å². The van der Waals surface area contributed by atoms with E-state index in [0.717, 1.165) is 25.8 Å². The third kappa shape index (κ3) is 2.87. The van der Waals surface area contributed by atoms with E-state index in [-0.39, 0.29) is 11.8 Å². The summed E-state index contributed by atoms with van der Waals surface area (Å²) in [7, 11) is 0. The molecule has 120 valence electrons. The highest BCUT2D eigenvalue weighted by Crippen LogP contribution is 2.48. The van der Waals surface area contributed by atoms with E-state index in [2.05, 4.69) is 22.3 Å². The van der Waals surface area contributed by atoms with E-state index in [1.807, 2.05) is 30.0 Å². The second-order valence-corrected chi connectivity index (χ2v) is 6.66. The zero-order chi connectivity index (χ0) is 15.8. The fourth-order valence-corrected chi connectivity index (χ4v) is 3.63. The van der Waals surface area contributed by atoms with E-state index >= 15 is 0 Å². The van der Waals surface area contributed by atoms with E-state index in [1.54, 1.807) is 0 Å². The summed E-state index contributed by atoms with van der Waals surface area (Å²) in [5.74, 6) is 2.36. The Balaban J connectivity index is 1.41. The van der Waals surface area contributed by atoms with E-state index in [1.165, 1.54) is 5.56 Å². The van der Waals surface area contributed by atoms with Crippen molar-refractivity contribution in [3.8, 4) is 0 Å². The first kappa shape index (κ1) is 14.4. The fraction of sp³-hybridized carbons (Fsp3) is 0.500. The lowest BCUT2D eigenvalue weighted by Crippen LogP contribution is -2.40. The third-order valence-electron chi connectivity index (χ3n) is 4.96. The molecule has 4 rings (SSSR count). The molecular formula is C18H21N3O2. The number of piperidine rings is 1. The number of nitrogens with zero attached hydrogens (tertiary/aromatic N) is 3. The topological polar surface area (TPSA) is 59.2 Å². The van der Waals surface area contributed by atoms with Crippen molar-refractivity contribution in [1.29, 1.82) is 0 Å². The van der Waals surface area contributed by atoms with Crippen molar-refractivity contribution >= 4 is 5.91 Å². The molecule has 5 heteroatoms. The summed E-state index contributed by atoms with van der Waals surface area (Å²) in [6, 6.07) is 10.4. The number of carbonyl (C=O) groups excluding carboxylic acids is 1. The molecule has 1 saturated carbocycles. The number of rotatable bonds is 3. The van der Waals surface area contributed by atoms with Gasteiger partial charge >= 0.3 is 0 Å². The molecule has 0 spiro atoms. The Morgan fingerprint density at radius 1 is 1.30 bits per heavy atom. The van der Waals surface area contributed by atoms with E-state index in [4.69, 9.17) is 4.52 Å². The van der Waals surface area contributed by atoms with Crippen LogP contribution in [0.4, 0.5) is 0 Å². The zero-order valence-corrected chi connectivity index (χ0v) is 13.3. The van der Waals surface area contributed by atoms with Crippen molar-refractivity contribution in [1.82, 2.24) is 15.0 Å². The standard InChI is InChI=1S/C18H21N3O2/c1-12-19-17(23-20-12)14-8-5-9-21(11-14)18(22)16-10-15(16)13-6-3-2-4-7-13/h2-4,6-7,14-16H,5,8-11H2,1H3/t14-,15-,16-/m1/s1. The summed E-state index contributed by atoms with van der Waals surface area (Å²) in [6.07, 6.45) is 2.99. The maximum absolute atomic E-state index is 12.8. The molecule has 0 unspecified atom stereocenters. The average Bonchev–Trinajstić information content (AvgIpc) is 3.29. The van der Waals surface area contributed by atoms with E-state index in [9.17, 15) is 4.79 Å².